The molecule has 0 radical (unpaired) electrons. The second-order valence-corrected chi connectivity index (χ2v) is 4.08. The molecule has 0 bridgehead atoms. The van der Waals surface area contributed by atoms with E-state index in [0.29, 0.717) is 12.5 Å². The molecule has 1 heterocycles. The fourth-order valence-electron chi connectivity index (χ4n) is 1.49. The van der Waals surface area contributed by atoms with Crippen LogP contribution >= 0.6 is 0 Å². The highest BCUT2D eigenvalue weighted by molar-refractivity contribution is 4.94. The van der Waals surface area contributed by atoms with Gasteiger partial charge in [0.15, 0.2) is 0 Å². The van der Waals surface area contributed by atoms with Crippen molar-refractivity contribution in [3.8, 4) is 0 Å². The summed E-state index contributed by atoms with van der Waals surface area (Å²) < 4.78 is 3.30. The normalized spacial score (nSPS) is 11.6. The van der Waals surface area contributed by atoms with Crippen molar-refractivity contribution in [2.45, 2.75) is 53.1 Å². The van der Waals surface area contributed by atoms with Crippen molar-refractivity contribution in [2.24, 2.45) is 0 Å². The third kappa shape index (κ3) is 1.74. The minimum Gasteiger partial charge on any atom is -0.279 e. The van der Waals surface area contributed by atoms with Gasteiger partial charge in [0.2, 0.25) is 0 Å². The van der Waals surface area contributed by atoms with E-state index in [1.54, 1.807) is 9.25 Å². The standard InChI is InChI=1S/C10H19N3O/c1-6-12-9(7(2)3)11-13(8(4)5)10(12)14/h7-8H,6H2,1-5H3. The summed E-state index contributed by atoms with van der Waals surface area (Å²) in [6, 6.07) is 0.132. The van der Waals surface area contributed by atoms with Gasteiger partial charge in [-0.2, -0.15) is 5.10 Å². The highest BCUT2D eigenvalue weighted by Gasteiger charge is 2.15. The molecule has 0 aromatic carbocycles. The van der Waals surface area contributed by atoms with E-state index in [1.807, 2.05) is 20.8 Å². The third-order valence-electron chi connectivity index (χ3n) is 2.24. The maximum atomic E-state index is 11.8. The van der Waals surface area contributed by atoms with E-state index in [-0.39, 0.29) is 11.7 Å². The molecule has 0 fully saturated rings. The van der Waals surface area contributed by atoms with Gasteiger partial charge < -0.3 is 0 Å². The minimum absolute atomic E-state index is 0.00574. The molecule has 0 amide bonds. The number of hydrogen-bond acceptors (Lipinski definition) is 2. The lowest BCUT2D eigenvalue weighted by atomic mass is 10.2. The smallest absolute Gasteiger partial charge is 0.279 e. The summed E-state index contributed by atoms with van der Waals surface area (Å²) in [5, 5.41) is 4.35. The van der Waals surface area contributed by atoms with E-state index < -0.39 is 0 Å². The Labute approximate surface area is 84.5 Å². The van der Waals surface area contributed by atoms with E-state index >= 15 is 0 Å². The van der Waals surface area contributed by atoms with Crippen LogP contribution in [0.5, 0.6) is 0 Å². The average Bonchev–Trinajstić information content (AvgIpc) is 2.42. The van der Waals surface area contributed by atoms with Crippen LogP contribution in [0, 0.1) is 0 Å². The highest BCUT2D eigenvalue weighted by Crippen LogP contribution is 2.10. The quantitative estimate of drug-likeness (QED) is 0.741. The van der Waals surface area contributed by atoms with E-state index in [0.717, 1.165) is 5.82 Å². The molecule has 14 heavy (non-hydrogen) atoms. The zero-order valence-corrected chi connectivity index (χ0v) is 9.61. The molecular weight excluding hydrogens is 178 g/mol. The van der Waals surface area contributed by atoms with Crippen molar-refractivity contribution in [3.63, 3.8) is 0 Å². The Balaban J connectivity index is 3.32. The maximum Gasteiger partial charge on any atom is 0.346 e. The van der Waals surface area contributed by atoms with E-state index in [2.05, 4.69) is 18.9 Å². The van der Waals surface area contributed by atoms with Gasteiger partial charge in [0, 0.05) is 12.5 Å². The maximum absolute atomic E-state index is 11.8. The predicted octanol–water partition coefficient (Wildman–Crippen LogP) is 1.77. The lowest BCUT2D eigenvalue weighted by molar-refractivity contribution is 0.503. The second kappa shape index (κ2) is 3.98. The monoisotopic (exact) mass is 197 g/mol. The van der Waals surface area contributed by atoms with Gasteiger partial charge in [0.05, 0.1) is 6.04 Å². The molecule has 1 rings (SSSR count). The second-order valence-electron chi connectivity index (χ2n) is 4.08. The highest BCUT2D eigenvalue weighted by atomic mass is 16.2. The topological polar surface area (TPSA) is 39.8 Å². The number of aromatic nitrogens is 3. The Kier molecular flexibility index (Phi) is 3.13. The molecule has 0 N–H and O–H groups in total. The molecule has 0 atom stereocenters. The average molecular weight is 197 g/mol. The SMILES string of the molecule is CCn1c(C(C)C)nn(C(C)C)c1=O. The molecule has 0 saturated heterocycles. The van der Waals surface area contributed by atoms with Crippen LogP contribution < -0.4 is 5.69 Å². The molecule has 0 spiro atoms. The van der Waals surface area contributed by atoms with Crippen molar-refractivity contribution in [2.75, 3.05) is 0 Å². The van der Waals surface area contributed by atoms with E-state index in [9.17, 15) is 4.79 Å². The van der Waals surface area contributed by atoms with Crippen molar-refractivity contribution in [1.29, 1.82) is 0 Å². The van der Waals surface area contributed by atoms with Crippen molar-refractivity contribution in [3.05, 3.63) is 16.3 Å². The third-order valence-corrected chi connectivity index (χ3v) is 2.24. The Morgan fingerprint density at radius 3 is 2.14 bits per heavy atom. The van der Waals surface area contributed by atoms with Gasteiger partial charge in [0.1, 0.15) is 5.82 Å². The van der Waals surface area contributed by atoms with Gasteiger partial charge in [0.25, 0.3) is 0 Å². The van der Waals surface area contributed by atoms with Crippen LogP contribution in [-0.4, -0.2) is 14.3 Å². The fraction of sp³-hybridized carbons (Fsp3) is 0.800. The molecule has 0 unspecified atom stereocenters. The van der Waals surface area contributed by atoms with Gasteiger partial charge in [-0.1, -0.05) is 13.8 Å². The zero-order valence-electron chi connectivity index (χ0n) is 9.61. The van der Waals surface area contributed by atoms with Gasteiger partial charge in [-0.25, -0.2) is 9.48 Å². The summed E-state index contributed by atoms with van der Waals surface area (Å²) >= 11 is 0. The molecule has 0 aliphatic heterocycles. The van der Waals surface area contributed by atoms with Crippen molar-refractivity contribution < 1.29 is 0 Å². The number of hydrogen-bond donors (Lipinski definition) is 0. The molecule has 1 aromatic heterocycles. The summed E-state index contributed by atoms with van der Waals surface area (Å²) in [5.41, 5.74) is 0.00574. The van der Waals surface area contributed by atoms with Crippen LogP contribution in [0.25, 0.3) is 0 Å². The van der Waals surface area contributed by atoms with Crippen LogP contribution in [0.15, 0.2) is 4.79 Å². The first-order valence-corrected chi connectivity index (χ1v) is 5.18. The van der Waals surface area contributed by atoms with Crippen LogP contribution in [0.2, 0.25) is 0 Å². The first kappa shape index (κ1) is 11.0. The lowest BCUT2D eigenvalue weighted by Gasteiger charge is -2.03. The predicted molar refractivity (Wildman–Crippen MR) is 56.6 cm³/mol. The molecule has 0 aliphatic rings. The first-order valence-electron chi connectivity index (χ1n) is 5.18. The van der Waals surface area contributed by atoms with E-state index in [4.69, 9.17) is 0 Å². The largest absolute Gasteiger partial charge is 0.346 e. The summed E-state index contributed by atoms with van der Waals surface area (Å²) in [4.78, 5) is 11.8. The Morgan fingerprint density at radius 2 is 1.86 bits per heavy atom. The van der Waals surface area contributed by atoms with Crippen LogP contribution in [0.3, 0.4) is 0 Å². The minimum atomic E-state index is 0.00574. The summed E-state index contributed by atoms with van der Waals surface area (Å²) in [6.45, 7) is 10.7. The van der Waals surface area contributed by atoms with Crippen LogP contribution in [0.4, 0.5) is 0 Å². The molecule has 1 aromatic rings. The summed E-state index contributed by atoms with van der Waals surface area (Å²) in [5.74, 6) is 1.17. The van der Waals surface area contributed by atoms with Crippen molar-refractivity contribution in [1.82, 2.24) is 14.3 Å². The molecule has 0 aliphatic carbocycles. The van der Waals surface area contributed by atoms with Gasteiger partial charge in [-0.3, -0.25) is 4.57 Å². The van der Waals surface area contributed by atoms with Gasteiger partial charge >= 0.3 is 5.69 Å². The van der Waals surface area contributed by atoms with Gasteiger partial charge in [-0.05, 0) is 20.8 Å². The Bertz CT molecular complexity index is 360. The molecular formula is C10H19N3O. The number of rotatable bonds is 3. The Morgan fingerprint density at radius 1 is 1.29 bits per heavy atom. The van der Waals surface area contributed by atoms with Gasteiger partial charge in [-0.15, -0.1) is 0 Å². The lowest BCUT2D eigenvalue weighted by Crippen LogP contribution is -2.26. The fourth-order valence-corrected chi connectivity index (χ4v) is 1.49. The molecule has 0 saturated carbocycles. The molecule has 80 valence electrons. The molecule has 4 nitrogen and oxygen atoms in total. The zero-order chi connectivity index (χ0) is 10.9. The summed E-state index contributed by atoms with van der Waals surface area (Å²) in [7, 11) is 0. The van der Waals surface area contributed by atoms with E-state index in [1.165, 1.54) is 0 Å². The van der Waals surface area contributed by atoms with Crippen molar-refractivity contribution >= 4 is 0 Å². The molecule has 4 heteroatoms. The summed E-state index contributed by atoms with van der Waals surface area (Å²) in [6.07, 6.45) is 0. The Hall–Kier alpha value is -1.06. The first-order chi connectivity index (χ1) is 6.49. The van der Waals surface area contributed by atoms with Crippen LogP contribution in [0.1, 0.15) is 52.4 Å². The van der Waals surface area contributed by atoms with Crippen LogP contribution in [-0.2, 0) is 6.54 Å². The number of nitrogens with zero attached hydrogens (tertiary/aromatic N) is 3.